The summed E-state index contributed by atoms with van der Waals surface area (Å²) in [6, 6.07) is 7.14. The van der Waals surface area contributed by atoms with Gasteiger partial charge in [-0.2, -0.15) is 0 Å². The minimum Gasteiger partial charge on any atom is -0.335 e. The first-order chi connectivity index (χ1) is 9.99. The lowest BCUT2D eigenvalue weighted by molar-refractivity contribution is -0.126. The molecule has 0 aliphatic rings. The van der Waals surface area contributed by atoms with E-state index in [1.807, 2.05) is 17.5 Å². The van der Waals surface area contributed by atoms with Gasteiger partial charge in [0.2, 0.25) is 5.91 Å². The van der Waals surface area contributed by atoms with Crippen LogP contribution in [0, 0.1) is 11.6 Å². The Hall–Kier alpha value is -2.01. The summed E-state index contributed by atoms with van der Waals surface area (Å²) < 4.78 is 26.2. The van der Waals surface area contributed by atoms with Gasteiger partial charge in [0.15, 0.2) is 11.6 Å². The van der Waals surface area contributed by atoms with Crippen LogP contribution in [0.15, 0.2) is 41.8 Å². The molecule has 0 saturated heterocycles. The second-order valence-electron chi connectivity index (χ2n) is 4.65. The van der Waals surface area contributed by atoms with Gasteiger partial charge in [-0.25, -0.2) is 8.78 Å². The number of rotatable bonds is 4. The second-order valence-corrected chi connectivity index (χ2v) is 5.63. The largest absolute Gasteiger partial charge is 0.335 e. The third-order valence-corrected chi connectivity index (χ3v) is 4.13. The third kappa shape index (κ3) is 3.76. The zero-order valence-electron chi connectivity index (χ0n) is 11.7. The maximum Gasteiger partial charge on any atom is 0.246 e. The van der Waals surface area contributed by atoms with Crippen molar-refractivity contribution in [3.8, 4) is 0 Å². The van der Waals surface area contributed by atoms with Gasteiger partial charge in [-0.15, -0.1) is 11.3 Å². The summed E-state index contributed by atoms with van der Waals surface area (Å²) in [5.74, 6) is -1.99. The first-order valence-corrected chi connectivity index (χ1v) is 7.30. The number of carbonyl (C=O) groups excluding carboxylic acids is 1. The Kier molecular flexibility index (Phi) is 4.85. The summed E-state index contributed by atoms with van der Waals surface area (Å²) in [5, 5.41) is 1.93. The Bertz CT molecular complexity index is 652. The van der Waals surface area contributed by atoms with Crippen molar-refractivity contribution in [1.82, 2.24) is 4.90 Å². The fourth-order valence-corrected chi connectivity index (χ4v) is 2.46. The molecule has 1 aromatic carbocycles. The van der Waals surface area contributed by atoms with Gasteiger partial charge in [-0.1, -0.05) is 12.1 Å². The van der Waals surface area contributed by atoms with Crippen molar-refractivity contribution in [2.75, 3.05) is 7.05 Å². The number of amides is 1. The SMILES string of the molecule is CC(c1ccc(F)c(F)c1)N(C)C(=O)/C=C/c1cccs1. The highest BCUT2D eigenvalue weighted by molar-refractivity contribution is 7.10. The topological polar surface area (TPSA) is 20.3 Å². The first kappa shape index (κ1) is 15.4. The van der Waals surface area contributed by atoms with E-state index >= 15 is 0 Å². The smallest absolute Gasteiger partial charge is 0.246 e. The molecule has 0 aliphatic carbocycles. The van der Waals surface area contributed by atoms with E-state index in [0.717, 1.165) is 17.0 Å². The van der Waals surface area contributed by atoms with Crippen LogP contribution in [-0.4, -0.2) is 17.9 Å². The molecule has 1 amide bonds. The minimum atomic E-state index is -0.908. The summed E-state index contributed by atoms with van der Waals surface area (Å²) in [5.41, 5.74) is 0.550. The van der Waals surface area contributed by atoms with E-state index in [9.17, 15) is 13.6 Å². The molecule has 1 unspecified atom stereocenters. The van der Waals surface area contributed by atoms with Gasteiger partial charge in [0.25, 0.3) is 0 Å². The van der Waals surface area contributed by atoms with Gasteiger partial charge in [0.1, 0.15) is 0 Å². The molecule has 0 N–H and O–H groups in total. The molecule has 21 heavy (non-hydrogen) atoms. The highest BCUT2D eigenvalue weighted by Crippen LogP contribution is 2.21. The normalized spacial score (nSPS) is 12.6. The molecule has 1 aromatic heterocycles. The summed E-state index contributed by atoms with van der Waals surface area (Å²) in [4.78, 5) is 14.5. The fraction of sp³-hybridized carbons (Fsp3) is 0.188. The van der Waals surface area contributed by atoms with E-state index in [4.69, 9.17) is 0 Å². The summed E-state index contributed by atoms with van der Waals surface area (Å²) >= 11 is 1.54. The van der Waals surface area contributed by atoms with Gasteiger partial charge in [0, 0.05) is 18.0 Å². The van der Waals surface area contributed by atoms with E-state index in [2.05, 4.69) is 0 Å². The molecule has 0 radical (unpaired) electrons. The molecule has 5 heteroatoms. The van der Waals surface area contributed by atoms with Crippen LogP contribution < -0.4 is 0 Å². The van der Waals surface area contributed by atoms with Crippen molar-refractivity contribution >= 4 is 23.3 Å². The quantitative estimate of drug-likeness (QED) is 0.773. The van der Waals surface area contributed by atoms with Crippen LogP contribution in [0.5, 0.6) is 0 Å². The number of carbonyl (C=O) groups is 1. The molecule has 0 saturated carbocycles. The standard InChI is InChI=1S/C16H15F2NOS/c1-11(12-5-7-14(17)15(18)10-12)19(2)16(20)8-6-13-4-3-9-21-13/h3-11H,1-2H3/b8-6+. The maximum absolute atomic E-state index is 13.2. The second kappa shape index (κ2) is 6.63. The van der Waals surface area contributed by atoms with Crippen molar-refractivity contribution in [3.05, 3.63) is 63.9 Å². The zero-order chi connectivity index (χ0) is 15.4. The lowest BCUT2D eigenvalue weighted by Crippen LogP contribution is -2.28. The molecule has 1 atom stereocenters. The number of benzene rings is 1. The summed E-state index contributed by atoms with van der Waals surface area (Å²) in [7, 11) is 1.63. The minimum absolute atomic E-state index is 0.194. The van der Waals surface area contributed by atoms with Crippen LogP contribution in [0.4, 0.5) is 8.78 Å². The van der Waals surface area contributed by atoms with Gasteiger partial charge in [0.05, 0.1) is 6.04 Å². The Morgan fingerprint density at radius 1 is 1.29 bits per heavy atom. The molecule has 0 aliphatic heterocycles. The summed E-state index contributed by atoms with van der Waals surface area (Å²) in [6.07, 6.45) is 3.21. The summed E-state index contributed by atoms with van der Waals surface area (Å²) in [6.45, 7) is 1.77. The Labute approximate surface area is 126 Å². The molecule has 0 fully saturated rings. The van der Waals surface area contributed by atoms with Crippen LogP contribution in [0.1, 0.15) is 23.4 Å². The van der Waals surface area contributed by atoms with Gasteiger partial charge in [-0.05, 0) is 42.1 Å². The molecule has 110 valence electrons. The van der Waals surface area contributed by atoms with Crippen molar-refractivity contribution in [3.63, 3.8) is 0 Å². The van der Waals surface area contributed by atoms with E-state index in [-0.39, 0.29) is 11.9 Å². The number of likely N-dealkylation sites (N-methyl/N-ethyl adjacent to an activating group) is 1. The van der Waals surface area contributed by atoms with E-state index < -0.39 is 11.6 Å². The number of hydrogen-bond donors (Lipinski definition) is 0. The molecule has 0 spiro atoms. The van der Waals surface area contributed by atoms with Crippen LogP contribution in [0.25, 0.3) is 6.08 Å². The number of hydrogen-bond acceptors (Lipinski definition) is 2. The third-order valence-electron chi connectivity index (χ3n) is 3.29. The van der Waals surface area contributed by atoms with Crippen LogP contribution >= 0.6 is 11.3 Å². The van der Waals surface area contributed by atoms with Crippen LogP contribution in [0.3, 0.4) is 0 Å². The predicted octanol–water partition coefficient (Wildman–Crippen LogP) is 4.26. The highest BCUT2D eigenvalue weighted by Gasteiger charge is 2.16. The van der Waals surface area contributed by atoms with Crippen LogP contribution in [-0.2, 0) is 4.79 Å². The van der Waals surface area contributed by atoms with Crippen LogP contribution in [0.2, 0.25) is 0 Å². The van der Waals surface area contributed by atoms with Crippen molar-refractivity contribution < 1.29 is 13.6 Å². The molecule has 1 heterocycles. The molecular formula is C16H15F2NOS. The van der Waals surface area contributed by atoms with Gasteiger partial charge in [-0.3, -0.25) is 4.79 Å². The van der Waals surface area contributed by atoms with E-state index in [1.54, 1.807) is 20.0 Å². The Morgan fingerprint density at radius 3 is 2.67 bits per heavy atom. The van der Waals surface area contributed by atoms with Gasteiger partial charge < -0.3 is 4.90 Å². The first-order valence-electron chi connectivity index (χ1n) is 6.42. The highest BCUT2D eigenvalue weighted by atomic mass is 32.1. The van der Waals surface area contributed by atoms with E-state index in [0.29, 0.717) is 5.56 Å². The Balaban J connectivity index is 2.09. The number of halogens is 2. The van der Waals surface area contributed by atoms with Crippen molar-refractivity contribution in [1.29, 1.82) is 0 Å². The Morgan fingerprint density at radius 2 is 2.05 bits per heavy atom. The predicted molar refractivity (Wildman–Crippen MR) is 80.9 cm³/mol. The average Bonchev–Trinajstić information content (AvgIpc) is 2.99. The zero-order valence-corrected chi connectivity index (χ0v) is 12.5. The number of thiophene rings is 1. The molecule has 2 aromatic rings. The molecule has 2 rings (SSSR count). The monoisotopic (exact) mass is 307 g/mol. The molecular weight excluding hydrogens is 292 g/mol. The van der Waals surface area contributed by atoms with Crippen molar-refractivity contribution in [2.45, 2.75) is 13.0 Å². The number of nitrogens with zero attached hydrogens (tertiary/aromatic N) is 1. The maximum atomic E-state index is 13.2. The lowest BCUT2D eigenvalue weighted by atomic mass is 10.1. The van der Waals surface area contributed by atoms with Gasteiger partial charge >= 0.3 is 0 Å². The molecule has 2 nitrogen and oxygen atoms in total. The van der Waals surface area contributed by atoms with E-state index in [1.165, 1.54) is 28.4 Å². The lowest BCUT2D eigenvalue weighted by Gasteiger charge is -2.24. The molecule has 0 bridgehead atoms. The van der Waals surface area contributed by atoms with Crippen molar-refractivity contribution in [2.24, 2.45) is 0 Å². The fourth-order valence-electron chi connectivity index (χ4n) is 1.84. The average molecular weight is 307 g/mol.